The lowest BCUT2D eigenvalue weighted by atomic mass is 10.2. The fraction of sp³-hybridized carbons (Fsp3) is 0.182. The van der Waals surface area contributed by atoms with E-state index in [0.717, 1.165) is 0 Å². The van der Waals surface area contributed by atoms with Crippen LogP contribution in [0.15, 0.2) is 18.2 Å². The van der Waals surface area contributed by atoms with Crippen LogP contribution in [0.2, 0.25) is 5.02 Å². The van der Waals surface area contributed by atoms with E-state index in [2.05, 4.69) is 17.2 Å². The molecule has 1 N–H and O–H groups in total. The van der Waals surface area contributed by atoms with Gasteiger partial charge in [-0.1, -0.05) is 23.4 Å². The first kappa shape index (κ1) is 11.5. The van der Waals surface area contributed by atoms with Crippen molar-refractivity contribution < 1.29 is 9.18 Å². The molecule has 0 aliphatic heterocycles. The minimum atomic E-state index is -0.422. The summed E-state index contributed by atoms with van der Waals surface area (Å²) in [6.45, 7) is 1.59. The molecule has 1 amide bonds. The van der Waals surface area contributed by atoms with Crippen molar-refractivity contribution in [2.24, 2.45) is 0 Å². The first-order chi connectivity index (χ1) is 7.09. The number of hydrogen-bond acceptors (Lipinski definition) is 1. The van der Waals surface area contributed by atoms with Crippen molar-refractivity contribution in [3.8, 4) is 11.8 Å². The summed E-state index contributed by atoms with van der Waals surface area (Å²) in [4.78, 5) is 10.5. The second-order valence-electron chi connectivity index (χ2n) is 2.84. The van der Waals surface area contributed by atoms with E-state index in [-0.39, 0.29) is 18.0 Å². The standard InChI is InChI=1S/C11H9ClFNO/c1-8(15)14-6-2-3-9-7-10(12)4-5-11(9)13/h4-5,7H,6H2,1H3,(H,14,15). The summed E-state index contributed by atoms with van der Waals surface area (Å²) < 4.78 is 13.1. The van der Waals surface area contributed by atoms with Gasteiger partial charge in [-0.3, -0.25) is 4.79 Å². The molecule has 2 nitrogen and oxygen atoms in total. The van der Waals surface area contributed by atoms with Gasteiger partial charge in [0.15, 0.2) is 0 Å². The molecule has 1 aromatic rings. The Hall–Kier alpha value is -1.53. The molecule has 0 saturated heterocycles. The molecule has 0 atom stereocenters. The summed E-state index contributed by atoms with van der Waals surface area (Å²) >= 11 is 5.68. The minimum absolute atomic E-state index is 0.170. The molecule has 0 spiro atoms. The highest BCUT2D eigenvalue weighted by molar-refractivity contribution is 6.30. The SMILES string of the molecule is CC(=O)NCC#Cc1cc(Cl)ccc1F. The van der Waals surface area contributed by atoms with Gasteiger partial charge in [-0.2, -0.15) is 0 Å². The highest BCUT2D eigenvalue weighted by Gasteiger charge is 1.98. The Balaban J connectivity index is 2.71. The Morgan fingerprint density at radius 2 is 2.33 bits per heavy atom. The molecule has 0 fully saturated rings. The van der Waals surface area contributed by atoms with E-state index in [1.165, 1.54) is 25.1 Å². The number of amides is 1. The van der Waals surface area contributed by atoms with Crippen molar-refractivity contribution >= 4 is 17.5 Å². The van der Waals surface area contributed by atoms with Gasteiger partial charge in [-0.25, -0.2) is 4.39 Å². The number of hydrogen-bond donors (Lipinski definition) is 1. The molecule has 0 radical (unpaired) electrons. The first-order valence-corrected chi connectivity index (χ1v) is 4.66. The van der Waals surface area contributed by atoms with Gasteiger partial charge in [0, 0.05) is 11.9 Å². The molecule has 15 heavy (non-hydrogen) atoms. The smallest absolute Gasteiger partial charge is 0.217 e. The van der Waals surface area contributed by atoms with Crippen molar-refractivity contribution in [1.29, 1.82) is 0 Å². The van der Waals surface area contributed by atoms with Crippen LogP contribution in [0.4, 0.5) is 4.39 Å². The molecule has 0 bridgehead atoms. The van der Waals surface area contributed by atoms with Crippen molar-refractivity contribution in [1.82, 2.24) is 5.32 Å². The van der Waals surface area contributed by atoms with Crippen LogP contribution in [0.3, 0.4) is 0 Å². The van der Waals surface area contributed by atoms with Gasteiger partial charge in [-0.05, 0) is 18.2 Å². The zero-order chi connectivity index (χ0) is 11.3. The monoisotopic (exact) mass is 225 g/mol. The van der Waals surface area contributed by atoms with Crippen molar-refractivity contribution in [3.05, 3.63) is 34.6 Å². The van der Waals surface area contributed by atoms with Gasteiger partial charge in [-0.15, -0.1) is 0 Å². The van der Waals surface area contributed by atoms with Crippen LogP contribution in [0.25, 0.3) is 0 Å². The highest BCUT2D eigenvalue weighted by atomic mass is 35.5. The third kappa shape index (κ3) is 4.01. The zero-order valence-corrected chi connectivity index (χ0v) is 8.86. The quantitative estimate of drug-likeness (QED) is 0.728. The average molecular weight is 226 g/mol. The maximum absolute atomic E-state index is 13.1. The highest BCUT2D eigenvalue weighted by Crippen LogP contribution is 2.13. The molecular weight excluding hydrogens is 217 g/mol. The summed E-state index contributed by atoms with van der Waals surface area (Å²) in [5.41, 5.74) is 0.229. The van der Waals surface area contributed by atoms with Crippen molar-refractivity contribution in [2.45, 2.75) is 6.92 Å². The number of rotatable bonds is 1. The normalized spacial score (nSPS) is 9.00. The van der Waals surface area contributed by atoms with Crippen molar-refractivity contribution in [3.63, 3.8) is 0 Å². The Kier molecular flexibility index (Phi) is 4.14. The molecule has 4 heteroatoms. The number of nitrogens with one attached hydrogen (secondary N) is 1. The molecule has 0 unspecified atom stereocenters. The Morgan fingerprint density at radius 1 is 1.60 bits per heavy atom. The minimum Gasteiger partial charge on any atom is -0.345 e. The number of benzene rings is 1. The molecular formula is C11H9ClFNO. The van der Waals surface area contributed by atoms with Gasteiger partial charge in [0.1, 0.15) is 5.82 Å². The predicted molar refractivity (Wildman–Crippen MR) is 57.0 cm³/mol. The maximum Gasteiger partial charge on any atom is 0.217 e. The van der Waals surface area contributed by atoms with Gasteiger partial charge >= 0.3 is 0 Å². The van der Waals surface area contributed by atoms with Crippen LogP contribution < -0.4 is 5.32 Å². The number of carbonyl (C=O) groups excluding carboxylic acids is 1. The Morgan fingerprint density at radius 3 is 3.00 bits per heavy atom. The van der Waals surface area contributed by atoms with Crippen LogP contribution in [0.5, 0.6) is 0 Å². The van der Waals surface area contributed by atoms with Gasteiger partial charge < -0.3 is 5.32 Å². The first-order valence-electron chi connectivity index (χ1n) is 4.28. The summed E-state index contributed by atoms with van der Waals surface area (Å²) in [5, 5.41) is 2.91. The largest absolute Gasteiger partial charge is 0.345 e. The molecule has 78 valence electrons. The third-order valence-corrected chi connectivity index (χ3v) is 1.81. The molecule has 0 aliphatic carbocycles. The van der Waals surface area contributed by atoms with Gasteiger partial charge in [0.05, 0.1) is 12.1 Å². The molecule has 1 rings (SSSR count). The molecule has 0 saturated carbocycles. The van der Waals surface area contributed by atoms with E-state index in [1.807, 2.05) is 0 Å². The van der Waals surface area contributed by atoms with Gasteiger partial charge in [0.25, 0.3) is 0 Å². The van der Waals surface area contributed by atoms with E-state index in [9.17, 15) is 9.18 Å². The van der Waals surface area contributed by atoms with E-state index in [0.29, 0.717) is 5.02 Å². The molecule has 1 aromatic carbocycles. The number of halogens is 2. The topological polar surface area (TPSA) is 29.1 Å². The summed E-state index contributed by atoms with van der Waals surface area (Å²) in [7, 11) is 0. The summed E-state index contributed by atoms with van der Waals surface area (Å²) in [6.07, 6.45) is 0. The lowest BCUT2D eigenvalue weighted by molar-refractivity contribution is -0.118. The van der Waals surface area contributed by atoms with E-state index < -0.39 is 5.82 Å². The lowest BCUT2D eigenvalue weighted by Crippen LogP contribution is -2.19. The molecule has 0 aromatic heterocycles. The Labute approximate surface area is 92.4 Å². The van der Waals surface area contributed by atoms with Gasteiger partial charge in [0.2, 0.25) is 5.91 Å². The van der Waals surface area contributed by atoms with E-state index in [4.69, 9.17) is 11.6 Å². The lowest BCUT2D eigenvalue weighted by Gasteiger charge is -1.95. The average Bonchev–Trinajstić information content (AvgIpc) is 2.17. The van der Waals surface area contributed by atoms with Crippen LogP contribution in [-0.4, -0.2) is 12.5 Å². The van der Waals surface area contributed by atoms with E-state index in [1.54, 1.807) is 0 Å². The van der Waals surface area contributed by atoms with Crippen molar-refractivity contribution in [2.75, 3.05) is 6.54 Å². The second-order valence-corrected chi connectivity index (χ2v) is 3.27. The van der Waals surface area contributed by atoms with Crippen LogP contribution in [-0.2, 0) is 4.79 Å². The zero-order valence-electron chi connectivity index (χ0n) is 8.10. The maximum atomic E-state index is 13.1. The fourth-order valence-electron chi connectivity index (χ4n) is 0.901. The predicted octanol–water partition coefficient (Wildman–Crippen LogP) is 1.97. The second kappa shape index (κ2) is 5.38. The molecule has 0 heterocycles. The van der Waals surface area contributed by atoms with E-state index >= 15 is 0 Å². The summed E-state index contributed by atoms with van der Waals surface area (Å²) in [6, 6.07) is 4.15. The molecule has 0 aliphatic rings. The van der Waals surface area contributed by atoms with Crippen LogP contribution in [0.1, 0.15) is 12.5 Å². The van der Waals surface area contributed by atoms with Crippen LogP contribution >= 0.6 is 11.6 Å². The van der Waals surface area contributed by atoms with Crippen LogP contribution in [0, 0.1) is 17.7 Å². The number of carbonyl (C=O) groups is 1. The Bertz CT molecular complexity index is 434. The summed E-state index contributed by atoms with van der Waals surface area (Å²) in [5.74, 6) is 4.61. The third-order valence-electron chi connectivity index (χ3n) is 1.58. The fourth-order valence-corrected chi connectivity index (χ4v) is 1.07.